The lowest BCUT2D eigenvalue weighted by molar-refractivity contribution is 0.306. The van der Waals surface area contributed by atoms with Crippen LogP contribution in [0.1, 0.15) is 5.56 Å². The number of ether oxygens (including phenoxy) is 2. The fraction of sp³-hybridized carbons (Fsp3) is 0.0800. The highest BCUT2D eigenvalue weighted by Gasteiger charge is 2.14. The van der Waals surface area contributed by atoms with Crippen molar-refractivity contribution in [3.05, 3.63) is 89.5 Å². The van der Waals surface area contributed by atoms with E-state index in [4.69, 9.17) is 26.1 Å². The van der Waals surface area contributed by atoms with E-state index in [1.807, 2.05) is 30.3 Å². The Bertz CT molecular complexity index is 1480. The van der Waals surface area contributed by atoms with Crippen LogP contribution < -0.4 is 14.8 Å². The highest BCUT2D eigenvalue weighted by Crippen LogP contribution is 2.35. The first-order valence-electron chi connectivity index (χ1n) is 10.3. The van der Waals surface area contributed by atoms with Gasteiger partial charge in [0.25, 0.3) is 0 Å². The smallest absolute Gasteiger partial charge is 0.161 e. The van der Waals surface area contributed by atoms with E-state index in [2.05, 4.69) is 15.3 Å². The average molecular weight is 493 g/mol. The molecular weight excluding hydrogens is 475 g/mol. The minimum absolute atomic E-state index is 0.211. The molecule has 0 radical (unpaired) electrons. The Kier molecular flexibility index (Phi) is 6.24. The van der Waals surface area contributed by atoms with Crippen LogP contribution in [0.2, 0.25) is 5.02 Å². The van der Waals surface area contributed by atoms with Crippen molar-refractivity contribution in [3.8, 4) is 22.1 Å². The minimum Gasteiger partial charge on any atom is -0.497 e. The van der Waals surface area contributed by atoms with Crippen LogP contribution in [0.25, 0.3) is 20.9 Å². The van der Waals surface area contributed by atoms with Gasteiger partial charge in [-0.15, -0.1) is 0 Å². The van der Waals surface area contributed by atoms with Gasteiger partial charge in [0.05, 0.1) is 12.1 Å². The Labute approximate surface area is 204 Å². The van der Waals surface area contributed by atoms with Gasteiger partial charge in [-0.05, 0) is 48.0 Å². The molecule has 0 amide bonds. The Balaban J connectivity index is 1.36. The molecule has 2 heterocycles. The van der Waals surface area contributed by atoms with Crippen LogP contribution in [0.5, 0.6) is 11.5 Å². The maximum absolute atomic E-state index is 13.4. The number of hydrogen-bond acceptors (Lipinski definition) is 7. The maximum Gasteiger partial charge on any atom is 0.161 e. The van der Waals surface area contributed by atoms with Gasteiger partial charge in [-0.25, -0.2) is 19.3 Å². The van der Waals surface area contributed by atoms with E-state index in [1.165, 1.54) is 29.8 Å². The summed E-state index contributed by atoms with van der Waals surface area (Å²) in [6.45, 7) is 0.211. The summed E-state index contributed by atoms with van der Waals surface area (Å²) < 4.78 is 24.4. The first-order chi connectivity index (χ1) is 16.6. The van der Waals surface area contributed by atoms with Crippen molar-refractivity contribution in [2.75, 3.05) is 12.4 Å². The number of anilines is 2. The summed E-state index contributed by atoms with van der Waals surface area (Å²) in [6, 6.07) is 19.3. The SMILES string of the molecule is COc1cccc(-c2nc3c(Nc4ccc(OCc5cccc(F)c5)c(Cl)c4)ncnc3s2)c1. The van der Waals surface area contributed by atoms with Crippen LogP contribution in [0.4, 0.5) is 15.9 Å². The highest BCUT2D eigenvalue weighted by molar-refractivity contribution is 7.21. The fourth-order valence-corrected chi connectivity index (χ4v) is 4.48. The summed E-state index contributed by atoms with van der Waals surface area (Å²) in [7, 11) is 1.63. The molecule has 6 nitrogen and oxygen atoms in total. The van der Waals surface area contributed by atoms with Crippen molar-refractivity contribution >= 4 is 44.8 Å². The van der Waals surface area contributed by atoms with E-state index in [-0.39, 0.29) is 12.4 Å². The number of hydrogen-bond donors (Lipinski definition) is 1. The predicted molar refractivity (Wildman–Crippen MR) is 133 cm³/mol. The standard InChI is InChI=1S/C25H18ClFN4O2S/c1-32-19-7-3-5-16(11-19)24-31-22-23(28-14-29-25(22)34-24)30-18-8-9-21(20(26)12-18)33-13-15-4-2-6-17(27)10-15/h2-12,14H,13H2,1H3,(H,28,29,30). The van der Waals surface area contributed by atoms with Gasteiger partial charge in [0.15, 0.2) is 5.82 Å². The van der Waals surface area contributed by atoms with E-state index >= 15 is 0 Å². The molecule has 0 saturated heterocycles. The summed E-state index contributed by atoms with van der Waals surface area (Å²) in [6.07, 6.45) is 1.50. The second-order valence-electron chi connectivity index (χ2n) is 7.32. The zero-order chi connectivity index (χ0) is 23.5. The lowest BCUT2D eigenvalue weighted by atomic mass is 10.2. The maximum atomic E-state index is 13.4. The van der Waals surface area contributed by atoms with Gasteiger partial charge in [-0.1, -0.05) is 47.2 Å². The molecule has 0 bridgehead atoms. The second-order valence-corrected chi connectivity index (χ2v) is 8.70. The lowest BCUT2D eigenvalue weighted by Crippen LogP contribution is -1.98. The van der Waals surface area contributed by atoms with Crippen LogP contribution in [0, 0.1) is 5.82 Å². The Morgan fingerprint density at radius 2 is 1.91 bits per heavy atom. The Hall–Kier alpha value is -3.75. The molecule has 0 spiro atoms. The van der Waals surface area contributed by atoms with Crippen molar-refractivity contribution in [1.29, 1.82) is 0 Å². The molecule has 2 aromatic heterocycles. The number of thiazole rings is 1. The summed E-state index contributed by atoms with van der Waals surface area (Å²) in [4.78, 5) is 14.2. The summed E-state index contributed by atoms with van der Waals surface area (Å²) >= 11 is 7.90. The van der Waals surface area contributed by atoms with Gasteiger partial charge in [0.2, 0.25) is 0 Å². The molecule has 34 heavy (non-hydrogen) atoms. The third-order valence-electron chi connectivity index (χ3n) is 4.99. The van der Waals surface area contributed by atoms with E-state index in [0.29, 0.717) is 22.1 Å². The number of fused-ring (bicyclic) bond motifs is 1. The molecule has 9 heteroatoms. The van der Waals surface area contributed by atoms with Gasteiger partial charge in [0.1, 0.15) is 45.6 Å². The van der Waals surface area contributed by atoms with Crippen molar-refractivity contribution < 1.29 is 13.9 Å². The summed E-state index contributed by atoms with van der Waals surface area (Å²) in [5, 5.41) is 4.50. The third kappa shape index (κ3) is 4.78. The van der Waals surface area contributed by atoms with Gasteiger partial charge in [0, 0.05) is 11.3 Å². The molecule has 0 unspecified atom stereocenters. The largest absolute Gasteiger partial charge is 0.497 e. The second kappa shape index (κ2) is 9.62. The molecule has 3 aromatic carbocycles. The number of rotatable bonds is 7. The number of benzene rings is 3. The molecule has 0 aliphatic heterocycles. The van der Waals surface area contributed by atoms with Crippen LogP contribution >= 0.6 is 22.9 Å². The number of methoxy groups -OCH3 is 1. The topological polar surface area (TPSA) is 69.2 Å². The third-order valence-corrected chi connectivity index (χ3v) is 6.30. The Morgan fingerprint density at radius 3 is 2.74 bits per heavy atom. The molecular formula is C25H18ClFN4O2S. The van der Waals surface area contributed by atoms with Crippen molar-refractivity contribution in [2.24, 2.45) is 0 Å². The lowest BCUT2D eigenvalue weighted by Gasteiger charge is -2.11. The number of aromatic nitrogens is 3. The van der Waals surface area contributed by atoms with E-state index in [1.54, 1.807) is 31.4 Å². The summed E-state index contributed by atoms with van der Waals surface area (Å²) in [5.41, 5.74) is 3.04. The van der Waals surface area contributed by atoms with Gasteiger partial charge in [-0.3, -0.25) is 0 Å². The van der Waals surface area contributed by atoms with Crippen LogP contribution in [0.3, 0.4) is 0 Å². The normalized spacial score (nSPS) is 10.9. The van der Waals surface area contributed by atoms with Crippen molar-refractivity contribution in [2.45, 2.75) is 6.61 Å². The van der Waals surface area contributed by atoms with Crippen molar-refractivity contribution in [3.63, 3.8) is 0 Å². The zero-order valence-electron chi connectivity index (χ0n) is 18.0. The summed E-state index contributed by atoms with van der Waals surface area (Å²) in [5.74, 6) is 1.52. The zero-order valence-corrected chi connectivity index (χ0v) is 19.5. The number of nitrogens with one attached hydrogen (secondary N) is 1. The predicted octanol–water partition coefficient (Wildman–Crippen LogP) is 6.88. The molecule has 0 saturated carbocycles. The van der Waals surface area contributed by atoms with Gasteiger partial charge in [-0.2, -0.15) is 0 Å². The first kappa shape index (κ1) is 22.1. The molecule has 5 rings (SSSR count). The average Bonchev–Trinajstić information content (AvgIpc) is 3.29. The van der Waals surface area contributed by atoms with Gasteiger partial charge < -0.3 is 14.8 Å². The van der Waals surface area contributed by atoms with Crippen LogP contribution in [-0.4, -0.2) is 22.1 Å². The van der Waals surface area contributed by atoms with E-state index in [0.717, 1.165) is 32.4 Å². The molecule has 0 aliphatic rings. The quantitative estimate of drug-likeness (QED) is 0.267. The monoisotopic (exact) mass is 492 g/mol. The molecule has 1 N–H and O–H groups in total. The molecule has 0 fully saturated rings. The van der Waals surface area contributed by atoms with Crippen molar-refractivity contribution in [1.82, 2.24) is 15.0 Å². The van der Waals surface area contributed by atoms with Crippen LogP contribution in [-0.2, 0) is 6.61 Å². The number of halogens is 2. The molecule has 0 aliphatic carbocycles. The minimum atomic E-state index is -0.306. The number of nitrogens with zero attached hydrogens (tertiary/aromatic N) is 3. The van der Waals surface area contributed by atoms with E-state index < -0.39 is 0 Å². The Morgan fingerprint density at radius 1 is 1.03 bits per heavy atom. The molecule has 0 atom stereocenters. The van der Waals surface area contributed by atoms with Gasteiger partial charge >= 0.3 is 0 Å². The van der Waals surface area contributed by atoms with Crippen LogP contribution in [0.15, 0.2) is 73.1 Å². The fourth-order valence-electron chi connectivity index (χ4n) is 3.35. The van der Waals surface area contributed by atoms with E-state index in [9.17, 15) is 4.39 Å². The highest BCUT2D eigenvalue weighted by atomic mass is 35.5. The first-order valence-corrected chi connectivity index (χ1v) is 11.5. The molecule has 5 aromatic rings. The molecule has 170 valence electrons.